The van der Waals surface area contributed by atoms with Gasteiger partial charge in [0.05, 0.1) is 5.54 Å². The Hall–Kier alpha value is -0.0800. The predicted molar refractivity (Wildman–Crippen MR) is 63.8 cm³/mol. The third kappa shape index (κ3) is 4.63. The molecule has 3 heteroatoms. The fourth-order valence-electron chi connectivity index (χ4n) is 1.05. The van der Waals surface area contributed by atoms with Crippen LogP contribution >= 0.6 is 22.6 Å². The lowest BCUT2D eigenvalue weighted by atomic mass is 9.91. The maximum atomic E-state index is 11.3. The number of likely N-dealkylation sites (N-methyl/N-ethyl adjacent to an activating group) is 1. The number of carbonyl (C=O) groups is 1. The van der Waals surface area contributed by atoms with Crippen LogP contribution in [0.1, 0.15) is 33.1 Å². The fourth-order valence-corrected chi connectivity index (χ4v) is 1.32. The van der Waals surface area contributed by atoms with Crippen molar-refractivity contribution in [1.82, 2.24) is 5.32 Å². The van der Waals surface area contributed by atoms with E-state index in [-0.39, 0.29) is 11.3 Å². The van der Waals surface area contributed by atoms with Crippen molar-refractivity contribution in [2.75, 3.05) is 7.05 Å². The molecule has 1 atom stereocenters. The maximum Gasteiger partial charge on any atom is 0.149 e. The highest BCUT2D eigenvalue weighted by molar-refractivity contribution is 14.1. The van der Waals surface area contributed by atoms with E-state index in [0.717, 1.165) is 19.3 Å². The number of hydrogen-bond donors (Lipinski definition) is 1. The van der Waals surface area contributed by atoms with Crippen LogP contribution in [0.2, 0.25) is 0 Å². The third-order valence-corrected chi connectivity index (χ3v) is 2.76. The first-order valence-electron chi connectivity index (χ1n) is 4.35. The Morgan fingerprint density at radius 3 is 2.62 bits per heavy atom. The molecule has 0 aliphatic heterocycles. The summed E-state index contributed by atoms with van der Waals surface area (Å²) < 4.78 is 2.82. The minimum atomic E-state index is -0.368. The zero-order valence-corrected chi connectivity index (χ0v) is 10.6. The lowest BCUT2D eigenvalue weighted by Crippen LogP contribution is -2.46. The van der Waals surface area contributed by atoms with Crippen molar-refractivity contribution < 1.29 is 4.79 Å². The Morgan fingerprint density at radius 2 is 2.23 bits per heavy atom. The predicted octanol–water partition coefficient (Wildman–Crippen LogP) is 2.12. The highest BCUT2D eigenvalue weighted by Crippen LogP contribution is 2.14. The van der Waals surface area contributed by atoms with Crippen LogP contribution in [0.25, 0.3) is 0 Å². The largest absolute Gasteiger partial charge is 0.308 e. The van der Waals surface area contributed by atoms with Gasteiger partial charge in [0.25, 0.3) is 0 Å². The summed E-state index contributed by atoms with van der Waals surface area (Å²) in [6, 6.07) is 0. The number of carbonyl (C=O) groups excluding carboxylic acids is 1. The molecule has 13 heavy (non-hydrogen) atoms. The summed E-state index contributed by atoms with van der Waals surface area (Å²) in [6.45, 7) is 3.56. The van der Waals surface area contributed by atoms with E-state index < -0.39 is 0 Å². The standard InChI is InChI=1S/C10H16INO/c1-9(13)10(2,12-3)7-5-4-6-8-11/h12H,4-5,7H2,1-3H3/t10-/m0/s1. The molecule has 0 aromatic carbocycles. The third-order valence-electron chi connectivity index (χ3n) is 2.37. The van der Waals surface area contributed by atoms with Crippen LogP contribution in [0.4, 0.5) is 0 Å². The number of unbranched alkanes of at least 4 members (excludes halogenated alkanes) is 1. The first kappa shape index (κ1) is 12.9. The molecule has 1 N–H and O–H groups in total. The number of ketones is 1. The molecule has 0 aliphatic carbocycles. The van der Waals surface area contributed by atoms with Crippen molar-refractivity contribution in [3.8, 4) is 9.85 Å². The van der Waals surface area contributed by atoms with Crippen molar-refractivity contribution in [3.63, 3.8) is 0 Å². The van der Waals surface area contributed by atoms with Crippen molar-refractivity contribution >= 4 is 28.4 Å². The molecule has 0 unspecified atom stereocenters. The Kier molecular flexibility index (Phi) is 6.35. The highest BCUT2D eigenvalue weighted by Gasteiger charge is 2.26. The van der Waals surface area contributed by atoms with E-state index in [1.165, 1.54) is 0 Å². The van der Waals surface area contributed by atoms with Gasteiger partial charge in [-0.2, -0.15) is 0 Å². The van der Waals surface area contributed by atoms with E-state index in [9.17, 15) is 4.79 Å². The summed E-state index contributed by atoms with van der Waals surface area (Å²) >= 11 is 2.03. The van der Waals surface area contributed by atoms with Gasteiger partial charge in [-0.15, -0.1) is 0 Å². The van der Waals surface area contributed by atoms with Crippen molar-refractivity contribution in [2.24, 2.45) is 0 Å². The molecule has 74 valence electrons. The number of halogens is 1. The monoisotopic (exact) mass is 293 g/mol. The van der Waals surface area contributed by atoms with Crippen molar-refractivity contribution in [1.29, 1.82) is 0 Å². The minimum absolute atomic E-state index is 0.192. The quantitative estimate of drug-likeness (QED) is 0.478. The Labute approximate surface area is 94.0 Å². The molecule has 0 aliphatic rings. The molecule has 0 amide bonds. The van der Waals surface area contributed by atoms with E-state index in [1.54, 1.807) is 6.92 Å². The van der Waals surface area contributed by atoms with Gasteiger partial charge in [-0.1, -0.05) is 5.92 Å². The molecule has 0 rings (SSSR count). The average Bonchev–Trinajstić information content (AvgIpc) is 2.12. The van der Waals surface area contributed by atoms with Gasteiger partial charge in [-0.3, -0.25) is 4.79 Å². The zero-order valence-electron chi connectivity index (χ0n) is 8.41. The Morgan fingerprint density at radius 1 is 1.62 bits per heavy atom. The topological polar surface area (TPSA) is 29.1 Å². The normalized spacial score (nSPS) is 14.2. The van der Waals surface area contributed by atoms with Gasteiger partial charge >= 0.3 is 0 Å². The van der Waals surface area contributed by atoms with Gasteiger partial charge in [-0.25, -0.2) is 0 Å². The number of nitrogens with one attached hydrogen (secondary N) is 1. The summed E-state index contributed by atoms with van der Waals surface area (Å²) in [7, 11) is 1.82. The molecule has 0 spiro atoms. The summed E-state index contributed by atoms with van der Waals surface area (Å²) in [4.78, 5) is 11.3. The molecule has 0 saturated heterocycles. The molecule has 0 saturated carbocycles. The molecule has 0 aromatic rings. The van der Waals surface area contributed by atoms with Crippen LogP contribution < -0.4 is 5.32 Å². The number of Topliss-reactive ketones (excluding diaryl/α,β-unsaturated/α-hetero) is 1. The van der Waals surface area contributed by atoms with E-state index in [2.05, 4.69) is 15.2 Å². The molecule has 0 radical (unpaired) electrons. The molecule has 0 fully saturated rings. The second kappa shape index (κ2) is 6.39. The number of rotatable bonds is 5. The van der Waals surface area contributed by atoms with Crippen LogP contribution in [-0.2, 0) is 4.79 Å². The van der Waals surface area contributed by atoms with Crippen molar-refractivity contribution in [3.05, 3.63) is 0 Å². The van der Waals surface area contributed by atoms with Crippen LogP contribution in [0.15, 0.2) is 0 Å². The number of hydrogen-bond acceptors (Lipinski definition) is 2. The van der Waals surface area contributed by atoms with E-state index in [0.29, 0.717) is 0 Å². The van der Waals surface area contributed by atoms with Gasteiger partial charge in [-0.05, 0) is 37.7 Å². The van der Waals surface area contributed by atoms with Crippen molar-refractivity contribution in [2.45, 2.75) is 38.6 Å². The minimum Gasteiger partial charge on any atom is -0.308 e. The smallest absolute Gasteiger partial charge is 0.149 e. The second-order valence-electron chi connectivity index (χ2n) is 3.26. The molecule has 0 aromatic heterocycles. The molecular weight excluding hydrogens is 277 g/mol. The van der Waals surface area contributed by atoms with Crippen LogP contribution in [0.5, 0.6) is 0 Å². The molecule has 2 nitrogen and oxygen atoms in total. The average molecular weight is 293 g/mol. The maximum absolute atomic E-state index is 11.3. The summed E-state index contributed by atoms with van der Waals surface area (Å²) in [5.41, 5.74) is -0.368. The first-order valence-corrected chi connectivity index (χ1v) is 5.43. The fraction of sp³-hybridized carbons (Fsp3) is 0.700. The van der Waals surface area contributed by atoms with Gasteiger partial charge in [0, 0.05) is 29.0 Å². The lowest BCUT2D eigenvalue weighted by molar-refractivity contribution is -0.122. The molecule has 0 bridgehead atoms. The van der Waals surface area contributed by atoms with Gasteiger partial charge < -0.3 is 5.32 Å². The van der Waals surface area contributed by atoms with Crippen LogP contribution in [0, 0.1) is 9.85 Å². The van der Waals surface area contributed by atoms with Crippen LogP contribution in [0.3, 0.4) is 0 Å². The first-order chi connectivity index (χ1) is 6.06. The van der Waals surface area contributed by atoms with E-state index in [4.69, 9.17) is 0 Å². The molecular formula is C10H16INO. The van der Waals surface area contributed by atoms with Gasteiger partial charge in [0.1, 0.15) is 5.78 Å². The van der Waals surface area contributed by atoms with E-state index in [1.807, 2.05) is 36.6 Å². The SMILES string of the molecule is CN[C@@](C)(CCCC#CI)C(C)=O. The Balaban J connectivity index is 3.96. The van der Waals surface area contributed by atoms with Crippen LogP contribution in [-0.4, -0.2) is 18.4 Å². The zero-order chi connectivity index (χ0) is 10.3. The molecule has 0 heterocycles. The summed E-state index contributed by atoms with van der Waals surface area (Å²) in [5, 5.41) is 3.06. The Bertz CT molecular complexity index is 229. The summed E-state index contributed by atoms with van der Waals surface area (Å²) in [5.74, 6) is 3.17. The lowest BCUT2D eigenvalue weighted by Gasteiger charge is -2.25. The second-order valence-corrected chi connectivity index (χ2v) is 3.80. The van der Waals surface area contributed by atoms with Gasteiger partial charge in [0.15, 0.2) is 0 Å². The van der Waals surface area contributed by atoms with Gasteiger partial charge in [0.2, 0.25) is 0 Å². The summed E-state index contributed by atoms with van der Waals surface area (Å²) in [6.07, 6.45) is 2.69. The van der Waals surface area contributed by atoms with E-state index >= 15 is 0 Å². The highest BCUT2D eigenvalue weighted by atomic mass is 127.